The Morgan fingerprint density at radius 1 is 1.18 bits per heavy atom. The Balaban J connectivity index is 0.00000336. The van der Waals surface area contributed by atoms with Gasteiger partial charge in [-0.25, -0.2) is 0 Å². The molecule has 0 aliphatic carbocycles. The lowest BCUT2D eigenvalue weighted by Gasteiger charge is -2.31. The van der Waals surface area contributed by atoms with E-state index in [1.165, 1.54) is 11.1 Å². The molecule has 2 aromatic carbocycles. The maximum atomic E-state index is 13.2. The number of amides is 2. The van der Waals surface area contributed by atoms with Gasteiger partial charge in [-0.1, -0.05) is 24.3 Å². The summed E-state index contributed by atoms with van der Waals surface area (Å²) in [5.74, 6) is 0.626. The SMILES string of the molecule is CCOc1cc2c(cc1C(=O)NC[C@@H](O)[C@@H]1Cc3ccccc3CN1)CN(CC1CCN(C)CC1)C2=O.Cl. The predicted molar refractivity (Wildman–Crippen MR) is 149 cm³/mol. The molecule has 1 fully saturated rings. The van der Waals surface area contributed by atoms with Gasteiger partial charge in [-0.05, 0) is 81.1 Å². The number of aliphatic hydroxyl groups excluding tert-OH is 1. The number of fused-ring (bicyclic) bond motifs is 2. The molecule has 206 valence electrons. The number of nitrogens with one attached hydrogen (secondary N) is 2. The van der Waals surface area contributed by atoms with Crippen molar-refractivity contribution in [2.24, 2.45) is 5.92 Å². The molecule has 0 saturated carbocycles. The van der Waals surface area contributed by atoms with Crippen LogP contribution in [-0.2, 0) is 19.5 Å². The van der Waals surface area contributed by atoms with Crippen molar-refractivity contribution < 1.29 is 19.4 Å². The average Bonchev–Trinajstić information content (AvgIpc) is 3.21. The first-order valence-electron chi connectivity index (χ1n) is 13.5. The summed E-state index contributed by atoms with van der Waals surface area (Å²) in [5, 5.41) is 17.1. The maximum Gasteiger partial charge on any atom is 0.255 e. The first kappa shape index (κ1) is 28.4. The van der Waals surface area contributed by atoms with Crippen LogP contribution < -0.4 is 15.4 Å². The van der Waals surface area contributed by atoms with Crippen LogP contribution in [0, 0.1) is 5.92 Å². The van der Waals surface area contributed by atoms with Gasteiger partial charge in [0.25, 0.3) is 11.8 Å². The minimum Gasteiger partial charge on any atom is -0.493 e. The molecule has 1 saturated heterocycles. The molecule has 8 nitrogen and oxygen atoms in total. The van der Waals surface area contributed by atoms with Gasteiger partial charge < -0.3 is 30.3 Å². The minimum atomic E-state index is -0.728. The van der Waals surface area contributed by atoms with Gasteiger partial charge in [-0.3, -0.25) is 9.59 Å². The number of carbonyl (C=O) groups is 2. The summed E-state index contributed by atoms with van der Waals surface area (Å²) in [6, 6.07) is 11.6. The number of aliphatic hydroxyl groups is 1. The van der Waals surface area contributed by atoms with Crippen LogP contribution >= 0.6 is 12.4 Å². The highest BCUT2D eigenvalue weighted by molar-refractivity contribution is 6.03. The average molecular weight is 543 g/mol. The fourth-order valence-electron chi connectivity index (χ4n) is 5.74. The fraction of sp³-hybridized carbons (Fsp3) is 0.517. The Hall–Kier alpha value is -2.65. The first-order chi connectivity index (χ1) is 17.9. The summed E-state index contributed by atoms with van der Waals surface area (Å²) in [6.07, 6.45) is 2.18. The molecular weight excluding hydrogens is 504 g/mol. The van der Waals surface area contributed by atoms with Crippen LogP contribution in [0.3, 0.4) is 0 Å². The second-order valence-corrected chi connectivity index (χ2v) is 10.6. The number of piperidine rings is 1. The fourth-order valence-corrected chi connectivity index (χ4v) is 5.74. The summed E-state index contributed by atoms with van der Waals surface area (Å²) < 4.78 is 5.78. The number of likely N-dealkylation sites (tertiary alicyclic amines) is 1. The van der Waals surface area contributed by atoms with Gasteiger partial charge in [-0.15, -0.1) is 12.4 Å². The van der Waals surface area contributed by atoms with Gasteiger partial charge in [0, 0.05) is 37.8 Å². The van der Waals surface area contributed by atoms with Crippen LogP contribution in [0.25, 0.3) is 0 Å². The van der Waals surface area contributed by atoms with Crippen LogP contribution in [0.5, 0.6) is 5.75 Å². The molecule has 2 aromatic rings. The molecule has 0 spiro atoms. The van der Waals surface area contributed by atoms with Gasteiger partial charge >= 0.3 is 0 Å². The Labute approximate surface area is 231 Å². The van der Waals surface area contributed by atoms with Gasteiger partial charge in [0.15, 0.2) is 0 Å². The van der Waals surface area contributed by atoms with E-state index in [2.05, 4.69) is 34.7 Å². The second-order valence-electron chi connectivity index (χ2n) is 10.6. The number of hydrogen-bond donors (Lipinski definition) is 3. The summed E-state index contributed by atoms with van der Waals surface area (Å²) in [6.45, 7) is 6.47. The van der Waals surface area contributed by atoms with E-state index in [0.29, 0.717) is 48.9 Å². The molecule has 2 atom stereocenters. The van der Waals surface area contributed by atoms with Crippen molar-refractivity contribution in [3.05, 3.63) is 64.2 Å². The maximum absolute atomic E-state index is 13.2. The zero-order chi connectivity index (χ0) is 25.9. The van der Waals surface area contributed by atoms with Crippen molar-refractivity contribution in [1.82, 2.24) is 20.4 Å². The Morgan fingerprint density at radius 3 is 2.66 bits per heavy atom. The zero-order valence-electron chi connectivity index (χ0n) is 22.2. The molecule has 0 unspecified atom stereocenters. The van der Waals surface area contributed by atoms with E-state index in [1.54, 1.807) is 12.1 Å². The van der Waals surface area contributed by atoms with Gasteiger partial charge in [0.1, 0.15) is 5.75 Å². The molecule has 3 heterocycles. The highest BCUT2D eigenvalue weighted by Crippen LogP contribution is 2.32. The monoisotopic (exact) mass is 542 g/mol. The van der Waals surface area contributed by atoms with Crippen molar-refractivity contribution >= 4 is 24.2 Å². The number of rotatable bonds is 8. The number of benzene rings is 2. The molecule has 0 bridgehead atoms. The minimum absolute atomic E-state index is 0. The van der Waals surface area contributed by atoms with E-state index in [9.17, 15) is 14.7 Å². The normalized spacial score (nSPS) is 20.3. The molecule has 3 N–H and O–H groups in total. The zero-order valence-corrected chi connectivity index (χ0v) is 23.1. The number of halogens is 1. The molecule has 3 aliphatic heterocycles. The van der Waals surface area contributed by atoms with Crippen LogP contribution in [0.1, 0.15) is 57.2 Å². The summed E-state index contributed by atoms with van der Waals surface area (Å²) >= 11 is 0. The molecular formula is C29H39ClN4O4. The van der Waals surface area contributed by atoms with Gasteiger partial charge in [0.05, 0.1) is 18.3 Å². The van der Waals surface area contributed by atoms with Gasteiger partial charge in [0.2, 0.25) is 0 Å². The first-order valence-corrected chi connectivity index (χ1v) is 13.5. The van der Waals surface area contributed by atoms with Crippen LogP contribution in [0.4, 0.5) is 0 Å². The van der Waals surface area contributed by atoms with Crippen molar-refractivity contribution in [1.29, 1.82) is 0 Å². The van der Waals surface area contributed by atoms with E-state index in [-0.39, 0.29) is 36.8 Å². The van der Waals surface area contributed by atoms with Crippen LogP contribution in [-0.4, -0.2) is 78.7 Å². The third kappa shape index (κ3) is 6.15. The quantitative estimate of drug-likeness (QED) is 0.475. The number of carbonyl (C=O) groups excluding carboxylic acids is 2. The highest BCUT2D eigenvalue weighted by atomic mass is 35.5. The standard InChI is InChI=1S/C29H38N4O4.ClH/c1-3-37-27-14-23-22(18-33(29(23)36)17-19-8-10-32(2)11-9-19)12-24(27)28(35)31-16-26(34)25-13-20-6-4-5-7-21(20)15-30-25;/h4-7,12,14,19,25-26,30,34H,3,8-11,13,15-18H2,1-2H3,(H,31,35);1H/t25-,26+;/m0./s1. The molecule has 0 aromatic heterocycles. The number of hydrogen-bond acceptors (Lipinski definition) is 6. The van der Waals surface area contributed by atoms with E-state index < -0.39 is 6.10 Å². The largest absolute Gasteiger partial charge is 0.493 e. The molecule has 9 heteroatoms. The lowest BCUT2D eigenvalue weighted by Crippen LogP contribution is -2.49. The van der Waals surface area contributed by atoms with E-state index in [1.807, 2.05) is 24.0 Å². The summed E-state index contributed by atoms with van der Waals surface area (Å²) in [4.78, 5) is 30.6. The second kappa shape index (κ2) is 12.5. The molecule has 2 amide bonds. The third-order valence-corrected chi connectivity index (χ3v) is 7.99. The smallest absolute Gasteiger partial charge is 0.255 e. The Morgan fingerprint density at radius 2 is 1.92 bits per heavy atom. The van der Waals surface area contributed by atoms with Crippen molar-refractivity contribution in [3.8, 4) is 5.75 Å². The van der Waals surface area contributed by atoms with Gasteiger partial charge in [-0.2, -0.15) is 0 Å². The van der Waals surface area contributed by atoms with Crippen molar-refractivity contribution in [2.45, 2.75) is 51.4 Å². The van der Waals surface area contributed by atoms with Crippen molar-refractivity contribution in [2.75, 3.05) is 39.8 Å². The topological polar surface area (TPSA) is 94.1 Å². The molecule has 5 rings (SSSR count). The predicted octanol–water partition coefficient (Wildman–Crippen LogP) is 2.61. The number of ether oxygens (including phenoxy) is 1. The summed E-state index contributed by atoms with van der Waals surface area (Å²) in [7, 11) is 2.14. The molecule has 38 heavy (non-hydrogen) atoms. The van der Waals surface area contributed by atoms with E-state index in [0.717, 1.165) is 38.0 Å². The number of nitrogens with zero attached hydrogens (tertiary/aromatic N) is 2. The summed E-state index contributed by atoms with van der Waals surface area (Å²) in [5.41, 5.74) is 4.36. The van der Waals surface area contributed by atoms with Crippen molar-refractivity contribution in [3.63, 3.8) is 0 Å². The lowest BCUT2D eigenvalue weighted by molar-refractivity contribution is 0.0722. The Kier molecular flexibility index (Phi) is 9.31. The molecule has 0 radical (unpaired) electrons. The third-order valence-electron chi connectivity index (χ3n) is 7.99. The molecule has 3 aliphatic rings. The van der Waals surface area contributed by atoms with E-state index >= 15 is 0 Å². The highest BCUT2D eigenvalue weighted by Gasteiger charge is 2.33. The Bertz CT molecular complexity index is 1150. The van der Waals surface area contributed by atoms with E-state index in [4.69, 9.17) is 4.74 Å². The van der Waals surface area contributed by atoms with Crippen LogP contribution in [0.15, 0.2) is 36.4 Å². The van der Waals surface area contributed by atoms with Crippen LogP contribution in [0.2, 0.25) is 0 Å². The lowest BCUT2D eigenvalue weighted by atomic mass is 9.93.